The minimum Gasteiger partial charge on any atom is -0.507 e. The van der Waals surface area contributed by atoms with Crippen molar-refractivity contribution in [1.29, 1.82) is 0 Å². The highest BCUT2D eigenvalue weighted by molar-refractivity contribution is 6.46. The summed E-state index contributed by atoms with van der Waals surface area (Å²) in [5.74, 6) is -2.04. The second kappa shape index (κ2) is 8.50. The maximum absolute atomic E-state index is 13.0. The molecule has 4 rings (SSSR count). The van der Waals surface area contributed by atoms with Crippen LogP contribution in [0.5, 0.6) is 11.5 Å². The minimum atomic E-state index is -1.07. The number of phenolic OH excluding ortho intramolecular Hbond substituents is 1. The third-order valence-electron chi connectivity index (χ3n) is 5.30. The Balaban J connectivity index is 1.91. The van der Waals surface area contributed by atoms with Crippen LogP contribution >= 0.6 is 0 Å². The number of nitro groups is 1. The van der Waals surface area contributed by atoms with Gasteiger partial charge in [0.2, 0.25) is 0 Å². The van der Waals surface area contributed by atoms with Crippen LogP contribution in [-0.4, -0.2) is 38.8 Å². The fourth-order valence-electron chi connectivity index (χ4n) is 3.75. The monoisotopic (exact) mass is 450 g/mol. The van der Waals surface area contributed by atoms with Gasteiger partial charge < -0.3 is 24.3 Å². The van der Waals surface area contributed by atoms with E-state index in [1.165, 1.54) is 54.7 Å². The molecule has 0 aliphatic carbocycles. The molecule has 33 heavy (non-hydrogen) atoms. The minimum absolute atomic E-state index is 0.0101. The van der Waals surface area contributed by atoms with Crippen molar-refractivity contribution < 1.29 is 33.9 Å². The molecular weight excluding hydrogens is 432 g/mol. The molecule has 10 nitrogen and oxygen atoms in total. The Kier molecular flexibility index (Phi) is 5.57. The highest BCUT2D eigenvalue weighted by atomic mass is 16.6. The third-order valence-corrected chi connectivity index (χ3v) is 5.30. The fourth-order valence-corrected chi connectivity index (χ4v) is 3.75. The summed E-state index contributed by atoms with van der Waals surface area (Å²) >= 11 is 0. The van der Waals surface area contributed by atoms with Crippen molar-refractivity contribution in [1.82, 2.24) is 4.90 Å². The van der Waals surface area contributed by atoms with Crippen molar-refractivity contribution >= 4 is 23.1 Å². The molecule has 2 N–H and O–H groups in total. The van der Waals surface area contributed by atoms with Crippen LogP contribution in [0.4, 0.5) is 5.69 Å². The molecule has 168 valence electrons. The fraction of sp³-hybridized carbons (Fsp3) is 0.130. The number of hydrogen-bond acceptors (Lipinski definition) is 8. The normalized spacial score (nSPS) is 17.4. The number of aliphatic hydroxyl groups excluding tert-OH is 1. The standard InChI is InChI=1S/C23H18N2O8/c1-32-18-11-13(7-8-17(18)26)20-19(21(27)14-4-2-5-15(10-14)25(30)31)22(28)23(29)24(20)12-16-6-3-9-33-16/h2-11,20,26-27H,12H2,1H3/t20-/m0/s1. The van der Waals surface area contributed by atoms with Crippen molar-refractivity contribution in [3.8, 4) is 11.5 Å². The molecule has 1 aromatic heterocycles. The lowest BCUT2D eigenvalue weighted by atomic mass is 9.95. The smallest absolute Gasteiger partial charge is 0.296 e. The van der Waals surface area contributed by atoms with Crippen LogP contribution in [0.1, 0.15) is 22.9 Å². The molecule has 1 aliphatic heterocycles. The molecule has 0 saturated carbocycles. The van der Waals surface area contributed by atoms with E-state index in [4.69, 9.17) is 9.15 Å². The van der Waals surface area contributed by atoms with Crippen LogP contribution < -0.4 is 4.74 Å². The van der Waals surface area contributed by atoms with Gasteiger partial charge in [0.05, 0.1) is 36.5 Å². The number of aromatic hydroxyl groups is 1. The predicted molar refractivity (Wildman–Crippen MR) is 114 cm³/mol. The Morgan fingerprint density at radius 2 is 1.97 bits per heavy atom. The molecule has 0 radical (unpaired) electrons. The molecule has 0 spiro atoms. The molecule has 0 unspecified atom stereocenters. The maximum Gasteiger partial charge on any atom is 0.296 e. The van der Waals surface area contributed by atoms with Crippen LogP contribution in [0.25, 0.3) is 5.76 Å². The Hall–Kier alpha value is -4.60. The van der Waals surface area contributed by atoms with E-state index in [9.17, 15) is 29.9 Å². The number of carbonyl (C=O) groups excluding carboxylic acids is 2. The van der Waals surface area contributed by atoms with Gasteiger partial charge in [0.15, 0.2) is 11.5 Å². The molecule has 2 heterocycles. The van der Waals surface area contributed by atoms with Gasteiger partial charge in [-0.2, -0.15) is 0 Å². The van der Waals surface area contributed by atoms with E-state index in [2.05, 4.69) is 0 Å². The van der Waals surface area contributed by atoms with Crippen LogP contribution in [0, 0.1) is 10.1 Å². The number of ketones is 1. The lowest BCUT2D eigenvalue weighted by Crippen LogP contribution is -2.29. The number of Topliss-reactive ketones (excluding diaryl/α,β-unsaturated/α-hetero) is 1. The Bertz CT molecular complexity index is 1280. The van der Waals surface area contributed by atoms with Gasteiger partial charge in [-0.3, -0.25) is 19.7 Å². The first-order chi connectivity index (χ1) is 15.8. The van der Waals surface area contributed by atoms with Gasteiger partial charge in [0.1, 0.15) is 11.5 Å². The summed E-state index contributed by atoms with van der Waals surface area (Å²) in [6.45, 7) is -0.0723. The number of rotatable bonds is 6. The number of hydrogen-bond donors (Lipinski definition) is 2. The summed E-state index contributed by atoms with van der Waals surface area (Å²) in [6.07, 6.45) is 1.42. The van der Waals surface area contributed by atoms with Gasteiger partial charge in [-0.25, -0.2) is 0 Å². The highest BCUT2D eigenvalue weighted by Crippen LogP contribution is 2.42. The van der Waals surface area contributed by atoms with E-state index in [1.54, 1.807) is 12.1 Å². The number of ether oxygens (including phenoxy) is 1. The zero-order valence-corrected chi connectivity index (χ0v) is 17.3. The maximum atomic E-state index is 13.0. The van der Waals surface area contributed by atoms with Crippen LogP contribution in [0.3, 0.4) is 0 Å². The van der Waals surface area contributed by atoms with E-state index in [-0.39, 0.29) is 34.9 Å². The van der Waals surface area contributed by atoms with Crippen molar-refractivity contribution in [3.63, 3.8) is 0 Å². The number of aliphatic hydroxyl groups is 1. The predicted octanol–water partition coefficient (Wildman–Crippen LogP) is 3.52. The average Bonchev–Trinajstić information content (AvgIpc) is 3.41. The summed E-state index contributed by atoms with van der Waals surface area (Å²) in [4.78, 5) is 37.7. The number of furan rings is 1. The topological polar surface area (TPSA) is 143 Å². The van der Waals surface area contributed by atoms with Crippen LogP contribution in [-0.2, 0) is 16.1 Å². The summed E-state index contributed by atoms with van der Waals surface area (Å²) in [6, 6.07) is 11.6. The molecule has 1 fully saturated rings. The van der Waals surface area contributed by atoms with E-state index in [1.807, 2.05) is 0 Å². The molecule has 10 heteroatoms. The second-order valence-electron chi connectivity index (χ2n) is 7.25. The number of nitro benzene ring substituents is 1. The quantitative estimate of drug-likeness (QED) is 0.191. The van der Waals surface area contributed by atoms with Crippen molar-refractivity contribution in [2.24, 2.45) is 0 Å². The van der Waals surface area contributed by atoms with Crippen LogP contribution in [0.15, 0.2) is 70.9 Å². The molecule has 1 saturated heterocycles. The van der Waals surface area contributed by atoms with Crippen molar-refractivity contribution in [2.45, 2.75) is 12.6 Å². The zero-order chi connectivity index (χ0) is 23.7. The van der Waals surface area contributed by atoms with Crippen molar-refractivity contribution in [2.75, 3.05) is 7.11 Å². The SMILES string of the molecule is COc1cc([C@H]2C(=C(O)c3cccc([N+](=O)[O-])c3)C(=O)C(=O)N2Cc2ccco2)ccc1O. The molecule has 1 aliphatic rings. The third kappa shape index (κ3) is 3.89. The number of phenols is 1. The number of methoxy groups -OCH3 is 1. The van der Waals surface area contributed by atoms with E-state index in [0.29, 0.717) is 11.3 Å². The van der Waals surface area contributed by atoms with Gasteiger partial charge in [-0.15, -0.1) is 0 Å². The van der Waals surface area contributed by atoms with Gasteiger partial charge in [-0.1, -0.05) is 18.2 Å². The highest BCUT2D eigenvalue weighted by Gasteiger charge is 2.46. The van der Waals surface area contributed by atoms with Gasteiger partial charge in [0.25, 0.3) is 17.4 Å². The Labute approximate surface area is 187 Å². The molecule has 2 aromatic carbocycles. The average molecular weight is 450 g/mol. The summed E-state index contributed by atoms with van der Waals surface area (Å²) in [5.41, 5.74) is -0.148. The number of carbonyl (C=O) groups is 2. The van der Waals surface area contributed by atoms with Gasteiger partial charge >= 0.3 is 0 Å². The van der Waals surface area contributed by atoms with Crippen LogP contribution in [0.2, 0.25) is 0 Å². The zero-order valence-electron chi connectivity index (χ0n) is 17.3. The Morgan fingerprint density at radius 3 is 2.64 bits per heavy atom. The summed E-state index contributed by atoms with van der Waals surface area (Å²) in [5, 5.41) is 32.2. The van der Waals surface area contributed by atoms with E-state index in [0.717, 1.165) is 6.07 Å². The largest absolute Gasteiger partial charge is 0.507 e. The lowest BCUT2D eigenvalue weighted by molar-refractivity contribution is -0.384. The van der Waals surface area contributed by atoms with E-state index >= 15 is 0 Å². The summed E-state index contributed by atoms with van der Waals surface area (Å²) in [7, 11) is 1.35. The molecule has 1 amide bonds. The second-order valence-corrected chi connectivity index (χ2v) is 7.25. The first kappa shape index (κ1) is 21.6. The molecule has 1 atom stereocenters. The number of non-ortho nitro benzene ring substituents is 1. The summed E-state index contributed by atoms with van der Waals surface area (Å²) < 4.78 is 10.5. The molecule has 0 bridgehead atoms. The lowest BCUT2D eigenvalue weighted by Gasteiger charge is -2.25. The first-order valence-electron chi connectivity index (χ1n) is 9.74. The Morgan fingerprint density at radius 1 is 1.18 bits per heavy atom. The number of nitrogens with zero attached hydrogens (tertiary/aromatic N) is 2. The molecule has 3 aromatic rings. The molecular formula is C23H18N2O8. The van der Waals surface area contributed by atoms with Gasteiger partial charge in [-0.05, 0) is 29.8 Å². The number of likely N-dealkylation sites (tertiary alicyclic amines) is 1. The number of amides is 1. The van der Waals surface area contributed by atoms with E-state index < -0.39 is 28.4 Å². The first-order valence-corrected chi connectivity index (χ1v) is 9.74. The number of benzene rings is 2. The van der Waals surface area contributed by atoms with Crippen molar-refractivity contribution in [3.05, 3.63) is 93.4 Å². The van der Waals surface area contributed by atoms with Gasteiger partial charge in [0, 0.05) is 17.7 Å².